The fraction of sp³-hybridized carbons (Fsp3) is 0.143. The van der Waals surface area contributed by atoms with Crippen LogP contribution in [-0.4, -0.2) is 5.66 Å². The lowest BCUT2D eigenvalue weighted by Gasteiger charge is -2.25. The molecular weight excluding hydrogens is 283 g/mol. The van der Waals surface area contributed by atoms with Gasteiger partial charge >= 0.3 is 0 Å². The van der Waals surface area contributed by atoms with Crippen LogP contribution in [0.4, 0.5) is 0 Å². The summed E-state index contributed by atoms with van der Waals surface area (Å²) in [6.07, 6.45) is 0. The average molecular weight is 304 g/mol. The molecule has 0 spiro atoms. The monoisotopic (exact) mass is 304 g/mol. The first-order valence-corrected chi connectivity index (χ1v) is 9.17. The van der Waals surface area contributed by atoms with E-state index in [0.717, 1.165) is 0 Å². The summed E-state index contributed by atoms with van der Waals surface area (Å²) in [6, 6.07) is 30.5. The molecule has 22 heavy (non-hydrogen) atoms. The lowest BCUT2D eigenvalue weighted by molar-refractivity contribution is 1.10. The molecule has 1 heteroatoms. The van der Waals surface area contributed by atoms with Gasteiger partial charge in [0, 0.05) is 0 Å². The zero-order valence-electron chi connectivity index (χ0n) is 13.1. The summed E-state index contributed by atoms with van der Waals surface area (Å²) in [5.41, 5.74) is 3.29. The van der Waals surface area contributed by atoms with E-state index < -0.39 is 0 Å². The van der Waals surface area contributed by atoms with Gasteiger partial charge in [0.1, 0.15) is 0 Å². The molecule has 0 aliphatic heterocycles. The Morgan fingerprint density at radius 2 is 1.18 bits per heavy atom. The maximum atomic E-state index is 2.33. The van der Waals surface area contributed by atoms with E-state index in [9.17, 15) is 0 Å². The topological polar surface area (TPSA) is 0 Å². The highest BCUT2D eigenvalue weighted by molar-refractivity contribution is 7.73. The summed E-state index contributed by atoms with van der Waals surface area (Å²) in [4.78, 5) is 0. The minimum atomic E-state index is -0.354. The Balaban J connectivity index is 2.14. The minimum Gasteiger partial charge on any atom is -0.0622 e. The number of hydrogen-bond acceptors (Lipinski definition) is 0. The lowest BCUT2D eigenvalue weighted by Crippen LogP contribution is -2.19. The number of hydrogen-bond donors (Lipinski definition) is 0. The van der Waals surface area contributed by atoms with E-state index >= 15 is 0 Å². The Hall–Kier alpha value is -1.91. The maximum Gasteiger partial charge on any atom is -0.0104 e. The highest BCUT2D eigenvalue weighted by atomic mass is 31.1. The van der Waals surface area contributed by atoms with Gasteiger partial charge in [0.05, 0.1) is 0 Å². The van der Waals surface area contributed by atoms with Crippen molar-refractivity contribution in [1.82, 2.24) is 0 Å². The van der Waals surface area contributed by atoms with Gasteiger partial charge in [-0.15, -0.1) is 0 Å². The average Bonchev–Trinajstić information content (AvgIpc) is 2.57. The molecule has 0 aliphatic rings. The normalized spacial score (nSPS) is 12.3. The van der Waals surface area contributed by atoms with Gasteiger partial charge in [0.25, 0.3) is 0 Å². The van der Waals surface area contributed by atoms with Gasteiger partial charge in [-0.2, -0.15) is 0 Å². The molecule has 3 aromatic carbocycles. The summed E-state index contributed by atoms with van der Waals surface area (Å²) in [5, 5.41) is 2.93. The van der Waals surface area contributed by atoms with Crippen LogP contribution in [0, 0.1) is 0 Å². The van der Waals surface area contributed by atoms with Crippen LogP contribution >= 0.6 is 7.92 Å². The highest BCUT2D eigenvalue weighted by Crippen LogP contribution is 2.41. The molecule has 0 fully saturated rings. The Labute approximate surface area is 134 Å². The van der Waals surface area contributed by atoms with Gasteiger partial charge in [-0.05, 0) is 35.3 Å². The summed E-state index contributed by atoms with van der Waals surface area (Å²) >= 11 is 0. The van der Waals surface area contributed by atoms with Crippen LogP contribution in [0.2, 0.25) is 0 Å². The van der Waals surface area contributed by atoms with Crippen molar-refractivity contribution in [2.45, 2.75) is 19.5 Å². The van der Waals surface area contributed by atoms with Crippen molar-refractivity contribution in [2.24, 2.45) is 0 Å². The number of rotatable bonds is 4. The summed E-state index contributed by atoms with van der Waals surface area (Å²) in [7, 11) is -0.354. The predicted molar refractivity (Wildman–Crippen MR) is 99.6 cm³/mol. The van der Waals surface area contributed by atoms with Gasteiger partial charge in [0.2, 0.25) is 0 Å². The Kier molecular flexibility index (Phi) is 4.71. The fourth-order valence-electron chi connectivity index (χ4n) is 2.85. The first kappa shape index (κ1) is 15.0. The molecule has 0 radical (unpaired) electrons. The van der Waals surface area contributed by atoms with Gasteiger partial charge in [-0.1, -0.05) is 98.8 Å². The van der Waals surface area contributed by atoms with E-state index in [2.05, 4.69) is 98.8 Å². The van der Waals surface area contributed by atoms with Gasteiger partial charge in [-0.3, -0.25) is 0 Å². The second-order valence-corrected chi connectivity index (χ2v) is 8.45. The molecule has 0 heterocycles. The first-order valence-electron chi connectivity index (χ1n) is 7.76. The van der Waals surface area contributed by atoms with E-state index in [0.29, 0.717) is 5.66 Å². The van der Waals surface area contributed by atoms with Crippen LogP contribution in [0.25, 0.3) is 11.1 Å². The molecule has 0 N–H and O–H groups in total. The summed E-state index contributed by atoms with van der Waals surface area (Å²) in [6.45, 7) is 4.67. The molecule has 3 rings (SSSR count). The van der Waals surface area contributed by atoms with Crippen LogP contribution in [0.5, 0.6) is 0 Å². The molecular formula is C21H21P. The molecule has 1 unspecified atom stereocenters. The standard InChI is InChI=1S/C21H21P/c1-17(2)22(19-13-7-4-8-14-19)21-16-10-9-15-20(21)18-11-5-3-6-12-18/h3-17H,1-2H3. The van der Waals surface area contributed by atoms with Crippen molar-refractivity contribution in [3.63, 3.8) is 0 Å². The summed E-state index contributed by atoms with van der Waals surface area (Å²) < 4.78 is 0. The Morgan fingerprint density at radius 1 is 0.636 bits per heavy atom. The maximum absolute atomic E-state index is 2.33. The van der Waals surface area contributed by atoms with Crippen molar-refractivity contribution in [3.8, 4) is 11.1 Å². The smallest absolute Gasteiger partial charge is 0.0104 e. The zero-order valence-corrected chi connectivity index (χ0v) is 14.0. The third kappa shape index (κ3) is 3.13. The molecule has 0 saturated heterocycles. The predicted octanol–water partition coefficient (Wildman–Crippen LogP) is 5.19. The SMILES string of the molecule is CC(C)P(c1ccccc1)c1ccccc1-c1ccccc1. The molecule has 3 aromatic rings. The second-order valence-electron chi connectivity index (χ2n) is 5.68. The first-order chi connectivity index (χ1) is 10.8. The molecule has 0 saturated carbocycles. The second kappa shape index (κ2) is 6.90. The van der Waals surface area contributed by atoms with Crippen LogP contribution in [-0.2, 0) is 0 Å². The molecule has 0 amide bonds. The molecule has 0 bridgehead atoms. The summed E-state index contributed by atoms with van der Waals surface area (Å²) in [5.74, 6) is 0. The van der Waals surface area contributed by atoms with Crippen molar-refractivity contribution in [3.05, 3.63) is 84.9 Å². The Morgan fingerprint density at radius 3 is 1.82 bits per heavy atom. The molecule has 0 aromatic heterocycles. The van der Waals surface area contributed by atoms with Crippen LogP contribution < -0.4 is 10.6 Å². The molecule has 110 valence electrons. The van der Waals surface area contributed by atoms with Crippen LogP contribution in [0.15, 0.2) is 84.9 Å². The lowest BCUT2D eigenvalue weighted by atomic mass is 10.1. The fourth-order valence-corrected chi connectivity index (χ4v) is 5.48. The molecule has 0 nitrogen and oxygen atoms in total. The van der Waals surface area contributed by atoms with Crippen molar-refractivity contribution < 1.29 is 0 Å². The highest BCUT2D eigenvalue weighted by Gasteiger charge is 2.20. The van der Waals surface area contributed by atoms with Crippen molar-refractivity contribution >= 4 is 18.5 Å². The van der Waals surface area contributed by atoms with Gasteiger partial charge < -0.3 is 0 Å². The van der Waals surface area contributed by atoms with E-state index in [1.54, 1.807) is 0 Å². The zero-order chi connectivity index (χ0) is 15.4. The van der Waals surface area contributed by atoms with E-state index in [1.807, 2.05) is 0 Å². The minimum absolute atomic E-state index is 0.354. The van der Waals surface area contributed by atoms with Gasteiger partial charge in [-0.25, -0.2) is 0 Å². The van der Waals surface area contributed by atoms with Crippen LogP contribution in [0.1, 0.15) is 13.8 Å². The third-order valence-corrected chi connectivity index (χ3v) is 6.60. The largest absolute Gasteiger partial charge is 0.0622 e. The molecule has 1 atom stereocenters. The van der Waals surface area contributed by atoms with E-state index in [4.69, 9.17) is 0 Å². The van der Waals surface area contributed by atoms with Crippen LogP contribution in [0.3, 0.4) is 0 Å². The number of benzene rings is 3. The van der Waals surface area contributed by atoms with E-state index in [1.165, 1.54) is 21.7 Å². The quantitative estimate of drug-likeness (QED) is 0.582. The van der Waals surface area contributed by atoms with Crippen molar-refractivity contribution in [2.75, 3.05) is 0 Å². The third-order valence-electron chi connectivity index (χ3n) is 3.80. The molecule has 0 aliphatic carbocycles. The van der Waals surface area contributed by atoms with E-state index in [-0.39, 0.29) is 7.92 Å². The Bertz CT molecular complexity index is 717. The van der Waals surface area contributed by atoms with Gasteiger partial charge in [0.15, 0.2) is 0 Å². The van der Waals surface area contributed by atoms with Crippen molar-refractivity contribution in [1.29, 1.82) is 0 Å².